The van der Waals surface area contributed by atoms with E-state index in [1.54, 1.807) is 0 Å². The first-order valence-corrected chi connectivity index (χ1v) is 46.5. The van der Waals surface area contributed by atoms with Crippen LogP contribution in [0.5, 0.6) is 0 Å². The maximum Gasteiger partial charge on any atom is -0.0279 e. The van der Waals surface area contributed by atoms with Crippen molar-refractivity contribution in [2.45, 2.75) is 572 Å². The fraction of sp³-hybridized carbons (Fsp3) is 0.937. The van der Waals surface area contributed by atoms with Crippen LogP contribution in [-0.4, -0.2) is 0 Å². The molecule has 1 aromatic carbocycles. The Morgan fingerprint density at radius 2 is 0.211 bits per heavy atom. The van der Waals surface area contributed by atoms with Crippen LogP contribution >= 0.6 is 0 Å². The van der Waals surface area contributed by atoms with Crippen molar-refractivity contribution in [1.29, 1.82) is 0 Å². The Morgan fingerprint density at radius 3 is 0.316 bits per heavy atom. The molecule has 0 aliphatic rings. The van der Waals surface area contributed by atoms with Gasteiger partial charge < -0.3 is 0 Å². The monoisotopic (exact) mass is 1330 g/mol. The van der Waals surface area contributed by atoms with Gasteiger partial charge in [-0.25, -0.2) is 0 Å². The molecule has 0 amide bonds. The third-order valence-electron chi connectivity index (χ3n) is 22.9. The Labute approximate surface area is 604 Å². The van der Waals surface area contributed by atoms with Crippen LogP contribution < -0.4 is 0 Å². The molecule has 0 saturated heterocycles. The quantitative estimate of drug-likeness (QED) is 0.0570. The predicted molar refractivity (Wildman–Crippen MR) is 437 cm³/mol. The zero-order valence-electron chi connectivity index (χ0n) is 66.6. The molecule has 0 bridgehead atoms. The number of aryl methyl sites for hydroxylation is 1. The van der Waals surface area contributed by atoms with Crippen LogP contribution in [0.2, 0.25) is 0 Å². The van der Waals surface area contributed by atoms with E-state index in [-0.39, 0.29) is 0 Å². The molecule has 95 heavy (non-hydrogen) atoms. The standard InChI is InChI=1S/C95H184/c1-2-3-4-5-6-7-8-9-10-11-12-13-14-15-16-17-18-19-20-21-22-23-24-25-26-27-28-29-30-31-32-33-34-35-36-37-38-39-40-41-42-43-44-45-46-47-48-49-50-51-52-53-54-55-56-57-58-59-60-61-62-63-64-65-66-67-68-69-70-71-72-73-74-75-76-77-78-79-80-81-82-83-84-85-86-87-89-92-95-93-90-88-91-94-95/h88,90-91,93-94H,2-87,89,92H2,1H3. The van der Waals surface area contributed by atoms with Crippen molar-refractivity contribution < 1.29 is 0 Å². The van der Waals surface area contributed by atoms with Gasteiger partial charge in [0.25, 0.3) is 0 Å². The summed E-state index contributed by atoms with van der Waals surface area (Å²) in [6, 6.07) is 11.0. The fourth-order valence-electron chi connectivity index (χ4n) is 16.1. The van der Waals surface area contributed by atoms with E-state index in [1.807, 2.05) is 0 Å². The van der Waals surface area contributed by atoms with Gasteiger partial charge in [-0.1, -0.05) is 589 Å². The minimum absolute atomic E-state index is 1.26. The molecule has 0 spiro atoms. The van der Waals surface area contributed by atoms with Crippen molar-refractivity contribution in [3.05, 3.63) is 35.9 Å². The van der Waals surface area contributed by atoms with Gasteiger partial charge in [0, 0.05) is 0 Å². The molecule has 0 heteroatoms. The Bertz CT molecular complexity index is 1410. The summed E-state index contributed by atoms with van der Waals surface area (Å²) in [5.74, 6) is 0. The topological polar surface area (TPSA) is 0 Å². The first-order valence-electron chi connectivity index (χ1n) is 46.5. The van der Waals surface area contributed by atoms with Crippen LogP contribution in [0.15, 0.2) is 30.3 Å². The van der Waals surface area contributed by atoms with Crippen LogP contribution in [0.3, 0.4) is 0 Å². The lowest BCUT2D eigenvalue weighted by molar-refractivity contribution is 0.505. The molecule has 0 nitrogen and oxygen atoms in total. The molecule has 0 fully saturated rings. The molecule has 1 rings (SSSR count). The fourth-order valence-corrected chi connectivity index (χ4v) is 16.1. The highest BCUT2D eigenvalue weighted by molar-refractivity contribution is 5.14. The van der Waals surface area contributed by atoms with E-state index in [1.165, 1.54) is 571 Å². The van der Waals surface area contributed by atoms with Crippen molar-refractivity contribution in [1.82, 2.24) is 0 Å². The van der Waals surface area contributed by atoms with Crippen molar-refractivity contribution in [2.75, 3.05) is 0 Å². The molecule has 0 unspecified atom stereocenters. The summed E-state index contributed by atoms with van der Waals surface area (Å²) in [5, 5.41) is 0. The third kappa shape index (κ3) is 83.8. The van der Waals surface area contributed by atoms with Crippen LogP contribution in [-0.2, 0) is 6.42 Å². The summed E-state index contributed by atoms with van der Waals surface area (Å²) in [7, 11) is 0. The molecular formula is C95H184. The minimum atomic E-state index is 1.26. The van der Waals surface area contributed by atoms with Crippen LogP contribution in [0.1, 0.15) is 571 Å². The molecule has 0 aromatic heterocycles. The van der Waals surface area contributed by atoms with Gasteiger partial charge >= 0.3 is 0 Å². The minimum Gasteiger partial charge on any atom is -0.0654 e. The average Bonchev–Trinajstić information content (AvgIpc) is 3.80. The van der Waals surface area contributed by atoms with Crippen molar-refractivity contribution >= 4 is 0 Å². The molecule has 0 atom stereocenters. The zero-order chi connectivity index (χ0) is 67.3. The third-order valence-corrected chi connectivity index (χ3v) is 22.9. The van der Waals surface area contributed by atoms with Gasteiger partial charge in [-0.3, -0.25) is 0 Å². The highest BCUT2D eigenvalue weighted by atomic mass is 14.1. The lowest BCUT2D eigenvalue weighted by Crippen LogP contribution is -1.86. The van der Waals surface area contributed by atoms with Gasteiger partial charge in [-0.05, 0) is 18.4 Å². The van der Waals surface area contributed by atoms with Crippen molar-refractivity contribution in [2.24, 2.45) is 0 Å². The Morgan fingerprint density at radius 1 is 0.116 bits per heavy atom. The number of unbranched alkanes of at least 4 members (excludes halogenated alkanes) is 86. The van der Waals surface area contributed by atoms with E-state index in [4.69, 9.17) is 0 Å². The maximum absolute atomic E-state index is 2.32. The lowest BCUT2D eigenvalue weighted by Gasteiger charge is -2.05. The number of hydrogen-bond donors (Lipinski definition) is 0. The van der Waals surface area contributed by atoms with Gasteiger partial charge in [-0.2, -0.15) is 0 Å². The van der Waals surface area contributed by atoms with E-state index < -0.39 is 0 Å². The molecule has 0 N–H and O–H groups in total. The maximum atomic E-state index is 2.32. The van der Waals surface area contributed by atoms with Crippen LogP contribution in [0, 0.1) is 0 Å². The van der Waals surface area contributed by atoms with Crippen LogP contribution in [0.4, 0.5) is 0 Å². The summed E-state index contributed by atoms with van der Waals surface area (Å²) in [4.78, 5) is 0. The van der Waals surface area contributed by atoms with Crippen LogP contribution in [0.25, 0.3) is 0 Å². The van der Waals surface area contributed by atoms with Gasteiger partial charge in [0.1, 0.15) is 0 Å². The summed E-state index contributed by atoms with van der Waals surface area (Å²) < 4.78 is 0. The van der Waals surface area contributed by atoms with E-state index in [0.29, 0.717) is 0 Å². The Balaban J connectivity index is 1.58. The molecule has 1 aromatic rings. The highest BCUT2D eigenvalue weighted by Gasteiger charge is 2.03. The van der Waals surface area contributed by atoms with E-state index >= 15 is 0 Å². The SMILES string of the molecule is CCCCCCCCCCCCCCCCCCCCCCCCCCCCCCCCCCCCCCCCCCCCCCCCCCCCCCCCCCCCCCCCCCCCCCCCCCCCCCCCCCCCCCCCCc1ccccc1. The average molecular weight is 1330 g/mol. The van der Waals surface area contributed by atoms with Crippen molar-refractivity contribution in [3.8, 4) is 0 Å². The summed E-state index contributed by atoms with van der Waals surface area (Å²) >= 11 is 0. The second kappa shape index (κ2) is 87.4. The van der Waals surface area contributed by atoms with Crippen molar-refractivity contribution in [3.63, 3.8) is 0 Å². The normalized spacial score (nSPS) is 11.8. The first-order chi connectivity index (χ1) is 47.4. The molecular weight excluding hydrogens is 1140 g/mol. The molecule has 0 radical (unpaired) electrons. The van der Waals surface area contributed by atoms with Gasteiger partial charge in [0.2, 0.25) is 0 Å². The van der Waals surface area contributed by atoms with E-state index in [9.17, 15) is 0 Å². The van der Waals surface area contributed by atoms with Gasteiger partial charge in [0.15, 0.2) is 0 Å². The molecule has 564 valence electrons. The second-order valence-electron chi connectivity index (χ2n) is 32.6. The Kier molecular flexibility index (Phi) is 84.9. The molecule has 0 heterocycles. The van der Waals surface area contributed by atoms with Gasteiger partial charge in [0.05, 0.1) is 0 Å². The number of benzene rings is 1. The number of rotatable bonds is 88. The lowest BCUT2D eigenvalue weighted by atomic mass is 10.0. The molecule has 0 saturated carbocycles. The largest absolute Gasteiger partial charge is 0.0654 e. The van der Waals surface area contributed by atoms with Gasteiger partial charge in [-0.15, -0.1) is 0 Å². The smallest absolute Gasteiger partial charge is 0.0279 e. The number of hydrogen-bond acceptors (Lipinski definition) is 0. The highest BCUT2D eigenvalue weighted by Crippen LogP contribution is 2.23. The second-order valence-corrected chi connectivity index (χ2v) is 32.6. The summed E-state index contributed by atoms with van der Waals surface area (Å²) in [6.07, 6.45) is 131. The molecule has 0 aliphatic heterocycles. The Hall–Kier alpha value is -0.780. The zero-order valence-corrected chi connectivity index (χ0v) is 66.6. The first kappa shape index (κ1) is 92.2. The van der Waals surface area contributed by atoms with E-state index in [0.717, 1.165) is 0 Å². The molecule has 0 aliphatic carbocycles. The van der Waals surface area contributed by atoms with E-state index in [2.05, 4.69) is 37.3 Å². The summed E-state index contributed by atoms with van der Waals surface area (Å²) in [6.45, 7) is 2.32. The summed E-state index contributed by atoms with van der Waals surface area (Å²) in [5.41, 5.74) is 1.51. The predicted octanol–water partition coefficient (Wildman–Crippen LogP) is 36.2.